The Morgan fingerprint density at radius 1 is 0.920 bits per heavy atom. The molecule has 0 aliphatic carbocycles. The smallest absolute Gasteiger partial charge is 0.248 e. The summed E-state index contributed by atoms with van der Waals surface area (Å²) in [7, 11) is 0. The fraction of sp³-hybridized carbons (Fsp3) is 0.200. The summed E-state index contributed by atoms with van der Waals surface area (Å²) in [6.45, 7) is 5.46. The molecule has 2 N–H and O–H groups in total. The first kappa shape index (κ1) is 18.3. The number of anilines is 2. The lowest BCUT2D eigenvalue weighted by Crippen LogP contribution is -2.28. The Balaban J connectivity index is 2.08. The van der Waals surface area contributed by atoms with Crippen LogP contribution in [-0.4, -0.2) is 11.8 Å². The van der Waals surface area contributed by atoms with E-state index in [0.29, 0.717) is 11.4 Å². The van der Waals surface area contributed by atoms with Crippen molar-refractivity contribution in [3.05, 3.63) is 60.2 Å². The summed E-state index contributed by atoms with van der Waals surface area (Å²) in [5, 5.41) is 16.6. The van der Waals surface area contributed by atoms with Crippen LogP contribution in [0.3, 0.4) is 0 Å². The van der Waals surface area contributed by atoms with Crippen LogP contribution in [0.25, 0.3) is 6.08 Å². The van der Waals surface area contributed by atoms with Crippen molar-refractivity contribution in [2.45, 2.75) is 20.8 Å². The maximum atomic E-state index is 12.1. The minimum atomic E-state index is -0.537. The molecule has 0 saturated carbocycles. The maximum Gasteiger partial charge on any atom is 0.248 e. The largest absolute Gasteiger partial charge is 0.872 e. The Morgan fingerprint density at radius 3 is 2.04 bits per heavy atom. The average molecular weight is 337 g/mol. The third kappa shape index (κ3) is 5.49. The Bertz CT molecular complexity index is 787. The lowest BCUT2D eigenvalue weighted by molar-refractivity contribution is -0.268. The first-order chi connectivity index (χ1) is 11.8. The molecule has 0 aromatic heterocycles. The summed E-state index contributed by atoms with van der Waals surface area (Å²) in [6, 6.07) is 13.2. The Labute approximate surface area is 147 Å². The highest BCUT2D eigenvalue weighted by Crippen LogP contribution is 2.24. The van der Waals surface area contributed by atoms with Crippen molar-refractivity contribution in [1.82, 2.24) is 0 Å². The van der Waals surface area contributed by atoms with Gasteiger partial charge in [-0.25, -0.2) is 0 Å². The van der Waals surface area contributed by atoms with Crippen LogP contribution < -0.4 is 15.7 Å². The SMILES string of the molecule is CC(C)(C)C(=O)Nc1ccccc1NC(=O)/C=C/c1ccc([O-])cc1. The molecule has 5 nitrogen and oxygen atoms in total. The number of para-hydroxylation sites is 2. The molecule has 0 spiro atoms. The summed E-state index contributed by atoms with van der Waals surface area (Å²) >= 11 is 0. The van der Waals surface area contributed by atoms with Crippen molar-refractivity contribution in [1.29, 1.82) is 0 Å². The molecule has 0 aliphatic heterocycles. The molecule has 130 valence electrons. The van der Waals surface area contributed by atoms with Gasteiger partial charge >= 0.3 is 0 Å². The Hall–Kier alpha value is -3.08. The lowest BCUT2D eigenvalue weighted by atomic mass is 9.95. The zero-order valence-corrected chi connectivity index (χ0v) is 14.5. The van der Waals surface area contributed by atoms with Crippen LogP contribution in [0.5, 0.6) is 5.75 Å². The van der Waals surface area contributed by atoms with Gasteiger partial charge in [0, 0.05) is 11.5 Å². The van der Waals surface area contributed by atoms with Gasteiger partial charge in [-0.15, -0.1) is 5.75 Å². The van der Waals surface area contributed by atoms with Gasteiger partial charge in [-0.3, -0.25) is 9.59 Å². The van der Waals surface area contributed by atoms with Crippen LogP contribution in [0.2, 0.25) is 0 Å². The van der Waals surface area contributed by atoms with Gasteiger partial charge in [0.2, 0.25) is 11.8 Å². The van der Waals surface area contributed by atoms with Gasteiger partial charge in [-0.1, -0.05) is 57.2 Å². The van der Waals surface area contributed by atoms with Crippen molar-refractivity contribution in [3.63, 3.8) is 0 Å². The molecule has 0 heterocycles. The fourth-order valence-corrected chi connectivity index (χ4v) is 1.94. The highest BCUT2D eigenvalue weighted by atomic mass is 16.3. The summed E-state index contributed by atoms with van der Waals surface area (Å²) in [4.78, 5) is 24.3. The zero-order chi connectivity index (χ0) is 18.4. The van der Waals surface area contributed by atoms with Gasteiger partial charge in [-0.05, 0) is 23.8 Å². The monoisotopic (exact) mass is 337 g/mol. The molecule has 0 radical (unpaired) electrons. The summed E-state index contributed by atoms with van der Waals surface area (Å²) in [5.74, 6) is -0.545. The van der Waals surface area contributed by atoms with E-state index in [4.69, 9.17) is 0 Å². The number of benzene rings is 2. The van der Waals surface area contributed by atoms with Gasteiger partial charge in [0.15, 0.2) is 0 Å². The first-order valence-corrected chi connectivity index (χ1v) is 7.92. The molecule has 2 aromatic carbocycles. The molecule has 2 rings (SSSR count). The molecule has 2 aromatic rings. The van der Waals surface area contributed by atoms with Crippen molar-refractivity contribution in [2.24, 2.45) is 5.41 Å². The lowest BCUT2D eigenvalue weighted by Gasteiger charge is -2.19. The number of carbonyl (C=O) groups excluding carboxylic acids is 2. The minimum Gasteiger partial charge on any atom is -0.872 e. The Morgan fingerprint density at radius 2 is 1.48 bits per heavy atom. The van der Waals surface area contributed by atoms with Crippen LogP contribution in [0.4, 0.5) is 11.4 Å². The molecule has 0 bridgehead atoms. The summed E-state index contributed by atoms with van der Waals surface area (Å²) < 4.78 is 0. The van der Waals surface area contributed by atoms with E-state index in [0.717, 1.165) is 5.56 Å². The van der Waals surface area contributed by atoms with E-state index in [9.17, 15) is 14.7 Å². The van der Waals surface area contributed by atoms with Gasteiger partial charge < -0.3 is 15.7 Å². The quantitative estimate of drug-likeness (QED) is 0.839. The molecule has 5 heteroatoms. The van der Waals surface area contributed by atoms with E-state index in [1.54, 1.807) is 42.5 Å². The first-order valence-electron chi connectivity index (χ1n) is 7.92. The van der Waals surface area contributed by atoms with Crippen LogP contribution in [-0.2, 0) is 9.59 Å². The molecule has 0 atom stereocenters. The van der Waals surface area contributed by atoms with E-state index in [1.807, 2.05) is 20.8 Å². The maximum absolute atomic E-state index is 12.1. The average Bonchev–Trinajstić information content (AvgIpc) is 2.55. The molecule has 25 heavy (non-hydrogen) atoms. The van der Waals surface area contributed by atoms with Crippen LogP contribution in [0.15, 0.2) is 54.6 Å². The highest BCUT2D eigenvalue weighted by Gasteiger charge is 2.22. The van der Waals surface area contributed by atoms with Crippen LogP contribution >= 0.6 is 0 Å². The molecule has 0 fully saturated rings. The van der Waals surface area contributed by atoms with Gasteiger partial charge in [0.25, 0.3) is 0 Å². The number of nitrogens with one attached hydrogen (secondary N) is 2. The number of rotatable bonds is 4. The molecule has 2 amide bonds. The molecular formula is C20H21N2O3-. The number of carbonyl (C=O) groups is 2. The van der Waals surface area contributed by atoms with E-state index >= 15 is 0 Å². The zero-order valence-electron chi connectivity index (χ0n) is 14.5. The van der Waals surface area contributed by atoms with E-state index in [2.05, 4.69) is 10.6 Å². The normalized spacial score (nSPS) is 11.3. The second-order valence-corrected chi connectivity index (χ2v) is 6.64. The molecular weight excluding hydrogens is 316 g/mol. The predicted molar refractivity (Wildman–Crippen MR) is 98.1 cm³/mol. The van der Waals surface area contributed by atoms with Crippen molar-refractivity contribution >= 4 is 29.3 Å². The predicted octanol–water partition coefficient (Wildman–Crippen LogP) is 3.40. The minimum absolute atomic E-state index is 0.0786. The van der Waals surface area contributed by atoms with E-state index in [-0.39, 0.29) is 17.6 Å². The Kier molecular flexibility index (Phi) is 5.60. The molecule has 0 saturated heterocycles. The highest BCUT2D eigenvalue weighted by molar-refractivity contribution is 6.06. The summed E-state index contributed by atoms with van der Waals surface area (Å²) in [5.41, 5.74) is 1.28. The van der Waals surface area contributed by atoms with E-state index < -0.39 is 5.41 Å². The van der Waals surface area contributed by atoms with Crippen molar-refractivity contribution in [3.8, 4) is 5.75 Å². The van der Waals surface area contributed by atoms with Crippen molar-refractivity contribution in [2.75, 3.05) is 10.6 Å². The van der Waals surface area contributed by atoms with Crippen LogP contribution in [0.1, 0.15) is 26.3 Å². The molecule has 0 aliphatic rings. The fourth-order valence-electron chi connectivity index (χ4n) is 1.94. The van der Waals surface area contributed by atoms with Crippen molar-refractivity contribution < 1.29 is 14.7 Å². The van der Waals surface area contributed by atoms with Gasteiger partial charge in [0.1, 0.15) is 0 Å². The second-order valence-electron chi connectivity index (χ2n) is 6.64. The topological polar surface area (TPSA) is 81.3 Å². The van der Waals surface area contributed by atoms with Gasteiger partial charge in [-0.2, -0.15) is 0 Å². The third-order valence-electron chi connectivity index (χ3n) is 3.42. The molecule has 0 unspecified atom stereocenters. The number of hydrogen-bond donors (Lipinski definition) is 2. The number of amides is 2. The van der Waals surface area contributed by atoms with E-state index in [1.165, 1.54) is 18.2 Å². The summed E-state index contributed by atoms with van der Waals surface area (Å²) in [6.07, 6.45) is 2.99. The van der Waals surface area contributed by atoms with Gasteiger partial charge in [0.05, 0.1) is 11.4 Å². The second kappa shape index (κ2) is 7.66. The third-order valence-corrected chi connectivity index (χ3v) is 3.42. The van der Waals surface area contributed by atoms with Crippen LogP contribution in [0, 0.1) is 5.41 Å². The standard InChI is InChI=1S/C20H22N2O3/c1-20(2,3)19(25)22-17-7-5-4-6-16(17)21-18(24)13-10-14-8-11-15(23)12-9-14/h4-13,23H,1-3H3,(H,21,24)(H,22,25)/p-1/b13-10+. The number of hydrogen-bond acceptors (Lipinski definition) is 3.